The molecular formula is C21H28N2O3S. The molecule has 0 radical (unpaired) electrons. The lowest BCUT2D eigenvalue weighted by molar-refractivity contribution is -0.0238. The van der Waals surface area contributed by atoms with E-state index in [4.69, 9.17) is 4.74 Å². The van der Waals surface area contributed by atoms with E-state index in [-0.39, 0.29) is 11.1 Å². The second-order valence-corrected chi connectivity index (χ2v) is 10.6. The number of hydrogen-bond donors (Lipinski definition) is 1. The minimum atomic E-state index is -3.43. The molecule has 146 valence electrons. The summed E-state index contributed by atoms with van der Waals surface area (Å²) in [7, 11) is -3.43. The van der Waals surface area contributed by atoms with Gasteiger partial charge in [0.15, 0.2) is 14.9 Å². The number of benzene rings is 1. The topological polar surface area (TPSA) is 68.3 Å². The van der Waals surface area contributed by atoms with Gasteiger partial charge in [-0.1, -0.05) is 30.3 Å². The molecule has 0 amide bonds. The number of hydrogen-bond acceptors (Lipinski definition) is 5. The van der Waals surface area contributed by atoms with E-state index in [1.165, 1.54) is 5.56 Å². The van der Waals surface area contributed by atoms with Gasteiger partial charge in [-0.3, -0.25) is 0 Å². The summed E-state index contributed by atoms with van der Waals surface area (Å²) >= 11 is 0. The summed E-state index contributed by atoms with van der Waals surface area (Å²) in [6.45, 7) is 6.60. The number of rotatable bonds is 5. The number of pyridine rings is 1. The third kappa shape index (κ3) is 4.50. The Balaban J connectivity index is 1.67. The van der Waals surface area contributed by atoms with Crippen LogP contribution in [-0.4, -0.2) is 31.3 Å². The molecule has 0 bridgehead atoms. The van der Waals surface area contributed by atoms with Crippen LogP contribution in [0, 0.1) is 5.92 Å². The van der Waals surface area contributed by atoms with Crippen molar-refractivity contribution in [2.24, 2.45) is 5.92 Å². The molecule has 27 heavy (non-hydrogen) atoms. The molecule has 2 unspecified atom stereocenters. The van der Waals surface area contributed by atoms with Gasteiger partial charge in [-0.25, -0.2) is 13.4 Å². The molecule has 2 aromatic rings. The smallest absolute Gasteiger partial charge is 0.200 e. The zero-order valence-electron chi connectivity index (χ0n) is 16.2. The van der Waals surface area contributed by atoms with Gasteiger partial charge in [0.05, 0.1) is 22.7 Å². The predicted molar refractivity (Wildman–Crippen MR) is 108 cm³/mol. The van der Waals surface area contributed by atoms with Gasteiger partial charge < -0.3 is 10.1 Å². The molecule has 6 heteroatoms. The summed E-state index contributed by atoms with van der Waals surface area (Å²) in [4.78, 5) is 4.18. The van der Waals surface area contributed by atoms with Crippen molar-refractivity contribution in [1.29, 1.82) is 0 Å². The van der Waals surface area contributed by atoms with Crippen LogP contribution in [0.1, 0.15) is 45.3 Å². The molecule has 1 aromatic heterocycles. The number of aromatic nitrogens is 1. The normalized spacial score (nSPS) is 21.0. The van der Waals surface area contributed by atoms with Crippen molar-refractivity contribution in [2.45, 2.75) is 49.5 Å². The van der Waals surface area contributed by atoms with E-state index in [9.17, 15) is 8.42 Å². The molecule has 1 aliphatic heterocycles. The fraction of sp³-hybridized carbons (Fsp3) is 0.476. The van der Waals surface area contributed by atoms with Gasteiger partial charge in [0.1, 0.15) is 0 Å². The number of sulfone groups is 1. The zero-order chi connectivity index (χ0) is 19.5. The first-order chi connectivity index (χ1) is 12.8. The highest BCUT2D eigenvalue weighted by Crippen LogP contribution is 2.33. The van der Waals surface area contributed by atoms with Crippen LogP contribution in [0.15, 0.2) is 53.7 Å². The lowest BCUT2D eigenvalue weighted by Gasteiger charge is -2.32. The van der Waals surface area contributed by atoms with Gasteiger partial charge in [-0.05, 0) is 51.3 Å². The second-order valence-electron chi connectivity index (χ2n) is 7.99. The van der Waals surface area contributed by atoms with Gasteiger partial charge in [0.2, 0.25) is 0 Å². The highest BCUT2D eigenvalue weighted by atomic mass is 32.2. The van der Waals surface area contributed by atoms with Crippen molar-refractivity contribution in [3.05, 3.63) is 54.2 Å². The first-order valence-corrected chi connectivity index (χ1v) is 10.9. The molecule has 0 saturated carbocycles. The Morgan fingerprint density at radius 2 is 1.89 bits per heavy atom. The van der Waals surface area contributed by atoms with E-state index >= 15 is 0 Å². The molecule has 1 aliphatic rings. The SMILES string of the molecule is CC(C)(C)S(=O)(=O)c1ccc(NCC2CCCOC2c2ccccc2)cn1. The highest BCUT2D eigenvalue weighted by molar-refractivity contribution is 7.92. The number of nitrogens with zero attached hydrogens (tertiary/aromatic N) is 1. The van der Waals surface area contributed by atoms with Crippen molar-refractivity contribution in [3.63, 3.8) is 0 Å². The molecule has 2 heterocycles. The van der Waals surface area contributed by atoms with Crippen molar-refractivity contribution >= 4 is 15.5 Å². The summed E-state index contributed by atoms with van der Waals surface area (Å²) in [5.41, 5.74) is 2.02. The lowest BCUT2D eigenvalue weighted by atomic mass is 9.89. The Morgan fingerprint density at radius 3 is 2.52 bits per heavy atom. The van der Waals surface area contributed by atoms with Crippen LogP contribution < -0.4 is 5.32 Å². The fourth-order valence-corrected chi connectivity index (χ4v) is 4.34. The maximum absolute atomic E-state index is 12.5. The van der Waals surface area contributed by atoms with E-state index in [0.717, 1.165) is 31.7 Å². The summed E-state index contributed by atoms with van der Waals surface area (Å²) in [6, 6.07) is 13.7. The third-order valence-corrected chi connectivity index (χ3v) is 7.36. The van der Waals surface area contributed by atoms with Crippen molar-refractivity contribution in [1.82, 2.24) is 4.98 Å². The van der Waals surface area contributed by atoms with Crippen LogP contribution in [-0.2, 0) is 14.6 Å². The van der Waals surface area contributed by atoms with Gasteiger partial charge >= 0.3 is 0 Å². The number of nitrogens with one attached hydrogen (secondary N) is 1. The molecule has 1 N–H and O–H groups in total. The van der Waals surface area contributed by atoms with E-state index in [1.807, 2.05) is 18.2 Å². The maximum Gasteiger partial charge on any atom is 0.200 e. The molecular weight excluding hydrogens is 360 g/mol. The van der Waals surface area contributed by atoms with Crippen LogP contribution in [0.25, 0.3) is 0 Å². The van der Waals surface area contributed by atoms with E-state index in [2.05, 4.69) is 22.4 Å². The second kappa shape index (κ2) is 7.98. The van der Waals surface area contributed by atoms with E-state index in [0.29, 0.717) is 5.92 Å². The lowest BCUT2D eigenvalue weighted by Crippen LogP contribution is -2.29. The first-order valence-electron chi connectivity index (χ1n) is 9.40. The van der Waals surface area contributed by atoms with Crippen LogP contribution in [0.5, 0.6) is 0 Å². The Bertz CT molecular complexity index is 843. The van der Waals surface area contributed by atoms with Crippen LogP contribution in [0.2, 0.25) is 0 Å². The maximum atomic E-state index is 12.5. The predicted octanol–water partition coefficient (Wildman–Crippen LogP) is 4.23. The van der Waals surface area contributed by atoms with Crippen LogP contribution in [0.4, 0.5) is 5.69 Å². The van der Waals surface area contributed by atoms with E-state index in [1.54, 1.807) is 39.1 Å². The summed E-state index contributed by atoms with van der Waals surface area (Å²) < 4.78 is 30.1. The van der Waals surface area contributed by atoms with E-state index < -0.39 is 14.6 Å². The molecule has 1 aromatic carbocycles. The first kappa shape index (κ1) is 19.8. The Hall–Kier alpha value is -1.92. The van der Waals surface area contributed by atoms with Crippen LogP contribution >= 0.6 is 0 Å². The van der Waals surface area contributed by atoms with Gasteiger partial charge in [0.25, 0.3) is 0 Å². The van der Waals surface area contributed by atoms with Crippen molar-refractivity contribution < 1.29 is 13.2 Å². The molecule has 5 nitrogen and oxygen atoms in total. The Kier molecular flexibility index (Phi) is 5.86. The molecule has 3 rings (SSSR count). The van der Waals surface area contributed by atoms with Crippen LogP contribution in [0.3, 0.4) is 0 Å². The summed E-state index contributed by atoms with van der Waals surface area (Å²) in [5.74, 6) is 0.360. The Morgan fingerprint density at radius 1 is 1.15 bits per heavy atom. The Labute approximate surface area is 162 Å². The molecule has 1 fully saturated rings. The quantitative estimate of drug-likeness (QED) is 0.830. The fourth-order valence-electron chi connectivity index (χ4n) is 3.27. The average molecular weight is 389 g/mol. The largest absolute Gasteiger partial charge is 0.383 e. The minimum absolute atomic E-state index is 0.0842. The summed E-state index contributed by atoms with van der Waals surface area (Å²) in [5, 5.41) is 3.51. The molecule has 0 aliphatic carbocycles. The average Bonchev–Trinajstić information content (AvgIpc) is 2.67. The number of ether oxygens (including phenoxy) is 1. The van der Waals surface area contributed by atoms with Crippen molar-refractivity contribution in [2.75, 3.05) is 18.5 Å². The van der Waals surface area contributed by atoms with Gasteiger partial charge in [-0.2, -0.15) is 0 Å². The number of anilines is 1. The monoisotopic (exact) mass is 388 g/mol. The summed E-state index contributed by atoms with van der Waals surface area (Å²) in [6.07, 6.45) is 3.83. The standard InChI is InChI=1S/C21H28N2O3S/c1-21(2,3)27(24,25)19-12-11-18(15-23-19)22-14-17-10-7-13-26-20(17)16-8-5-4-6-9-16/h4-6,8-9,11-12,15,17,20,22H,7,10,13-14H2,1-3H3. The minimum Gasteiger partial charge on any atom is -0.383 e. The van der Waals surface area contributed by atoms with Gasteiger partial charge in [-0.15, -0.1) is 0 Å². The molecule has 1 saturated heterocycles. The zero-order valence-corrected chi connectivity index (χ0v) is 17.0. The van der Waals surface area contributed by atoms with Crippen molar-refractivity contribution in [3.8, 4) is 0 Å². The molecule has 0 spiro atoms. The molecule has 2 atom stereocenters. The van der Waals surface area contributed by atoms with Gasteiger partial charge in [0, 0.05) is 19.1 Å². The third-order valence-electron chi connectivity index (χ3n) is 4.96. The highest BCUT2D eigenvalue weighted by Gasteiger charge is 2.32.